The van der Waals surface area contributed by atoms with Crippen LogP contribution in [0.3, 0.4) is 0 Å². The van der Waals surface area contributed by atoms with E-state index in [2.05, 4.69) is 4.72 Å². The first-order chi connectivity index (χ1) is 12.1. The van der Waals surface area contributed by atoms with Crippen molar-refractivity contribution in [3.05, 3.63) is 47.5 Å². The maximum atomic E-state index is 12.6. The molecule has 1 N–H and O–H groups in total. The topological polar surface area (TPSA) is 75.7 Å². The van der Waals surface area contributed by atoms with E-state index in [1.165, 1.54) is 17.0 Å². The van der Waals surface area contributed by atoms with Crippen molar-refractivity contribution in [3.8, 4) is 5.75 Å². The normalized spacial score (nSPS) is 16.5. The van der Waals surface area contributed by atoms with Gasteiger partial charge in [0.25, 0.3) is 10.0 Å². The number of fused-ring (bicyclic) bond motifs is 1. The smallest absolute Gasteiger partial charge is 0.263 e. The van der Waals surface area contributed by atoms with Gasteiger partial charge in [-0.15, -0.1) is 0 Å². The fourth-order valence-corrected chi connectivity index (χ4v) is 4.29. The van der Waals surface area contributed by atoms with Gasteiger partial charge in [-0.1, -0.05) is 23.7 Å². The number of nitrogens with zero attached hydrogens (tertiary/aromatic N) is 1. The summed E-state index contributed by atoms with van der Waals surface area (Å²) in [7, 11) is -2.22. The van der Waals surface area contributed by atoms with Crippen LogP contribution < -0.4 is 14.4 Å². The van der Waals surface area contributed by atoms with Gasteiger partial charge in [-0.3, -0.25) is 9.52 Å². The molecule has 6 nitrogen and oxygen atoms in total. The van der Waals surface area contributed by atoms with E-state index in [-0.39, 0.29) is 22.4 Å². The first-order valence-corrected chi connectivity index (χ1v) is 9.80. The molecule has 0 saturated carbocycles. The molecular formula is C18H19ClN2O4S. The molecule has 0 atom stereocenters. The average molecular weight is 395 g/mol. The van der Waals surface area contributed by atoms with Crippen LogP contribution in [0.5, 0.6) is 5.75 Å². The number of carbonyl (C=O) groups excluding carboxylic acids is 1. The lowest BCUT2D eigenvalue weighted by molar-refractivity contribution is -0.127. The molecule has 1 heterocycles. The SMILES string of the molecule is CN1C(=O)C(C)(C)COc2ccc(NS(=O)(=O)c3ccccc3Cl)cc21. The van der Waals surface area contributed by atoms with Crippen molar-refractivity contribution in [2.75, 3.05) is 23.3 Å². The van der Waals surface area contributed by atoms with Gasteiger partial charge in [0.2, 0.25) is 5.91 Å². The number of halogens is 1. The number of carbonyl (C=O) groups is 1. The van der Waals surface area contributed by atoms with E-state index >= 15 is 0 Å². The number of sulfonamides is 1. The van der Waals surface area contributed by atoms with Crippen LogP contribution in [-0.4, -0.2) is 28.0 Å². The molecule has 0 saturated heterocycles. The quantitative estimate of drug-likeness (QED) is 0.864. The average Bonchev–Trinajstić information content (AvgIpc) is 2.66. The van der Waals surface area contributed by atoms with Gasteiger partial charge < -0.3 is 9.64 Å². The number of amides is 1. The van der Waals surface area contributed by atoms with Crippen LogP contribution in [0.1, 0.15) is 13.8 Å². The lowest BCUT2D eigenvalue weighted by Gasteiger charge is -2.24. The number of anilines is 2. The van der Waals surface area contributed by atoms with E-state index < -0.39 is 15.4 Å². The molecule has 0 aromatic heterocycles. The third-order valence-corrected chi connectivity index (χ3v) is 6.05. The fourth-order valence-electron chi connectivity index (χ4n) is 2.72. The maximum Gasteiger partial charge on any atom is 0.263 e. The largest absolute Gasteiger partial charge is 0.490 e. The molecule has 0 fully saturated rings. The predicted octanol–water partition coefficient (Wildman–Crippen LogP) is 3.52. The second kappa shape index (κ2) is 6.48. The Morgan fingerprint density at radius 3 is 2.58 bits per heavy atom. The highest BCUT2D eigenvalue weighted by atomic mass is 35.5. The molecule has 0 bridgehead atoms. The van der Waals surface area contributed by atoms with Gasteiger partial charge in [-0.2, -0.15) is 0 Å². The van der Waals surface area contributed by atoms with E-state index in [4.69, 9.17) is 16.3 Å². The zero-order valence-corrected chi connectivity index (χ0v) is 16.2. The summed E-state index contributed by atoms with van der Waals surface area (Å²) in [5, 5.41) is 0.132. The monoisotopic (exact) mass is 394 g/mol. The number of ether oxygens (including phenoxy) is 1. The fraction of sp³-hybridized carbons (Fsp3) is 0.278. The summed E-state index contributed by atoms with van der Waals surface area (Å²) in [6.07, 6.45) is 0. The number of nitrogens with one attached hydrogen (secondary N) is 1. The number of hydrogen-bond donors (Lipinski definition) is 1. The highest BCUT2D eigenvalue weighted by Gasteiger charge is 2.36. The van der Waals surface area contributed by atoms with Gasteiger partial charge in [0.1, 0.15) is 17.3 Å². The summed E-state index contributed by atoms with van der Waals surface area (Å²) in [5.41, 5.74) is 0.136. The second-order valence-electron chi connectivity index (χ2n) is 6.76. The van der Waals surface area contributed by atoms with E-state index in [0.29, 0.717) is 17.1 Å². The molecule has 138 valence electrons. The number of hydrogen-bond acceptors (Lipinski definition) is 4. The Morgan fingerprint density at radius 2 is 1.88 bits per heavy atom. The first kappa shape index (κ1) is 18.5. The van der Waals surface area contributed by atoms with Crippen molar-refractivity contribution < 1.29 is 17.9 Å². The zero-order chi connectivity index (χ0) is 19.1. The minimum Gasteiger partial charge on any atom is -0.490 e. The lowest BCUT2D eigenvalue weighted by atomic mass is 9.93. The third-order valence-electron chi connectivity index (χ3n) is 4.17. The minimum atomic E-state index is -3.86. The van der Waals surface area contributed by atoms with Crippen molar-refractivity contribution in [2.45, 2.75) is 18.7 Å². The predicted molar refractivity (Wildman–Crippen MR) is 101 cm³/mol. The van der Waals surface area contributed by atoms with Crippen LogP contribution >= 0.6 is 11.6 Å². The summed E-state index contributed by atoms with van der Waals surface area (Å²) >= 11 is 5.99. The third kappa shape index (κ3) is 3.37. The Kier molecular flexibility index (Phi) is 4.62. The van der Waals surface area contributed by atoms with E-state index in [1.807, 2.05) is 0 Å². The Bertz CT molecular complexity index is 973. The summed E-state index contributed by atoms with van der Waals surface area (Å²) < 4.78 is 33.4. The van der Waals surface area contributed by atoms with Crippen molar-refractivity contribution in [3.63, 3.8) is 0 Å². The Labute approximate surface area is 157 Å². The molecule has 2 aromatic carbocycles. The zero-order valence-electron chi connectivity index (χ0n) is 14.6. The second-order valence-corrected chi connectivity index (χ2v) is 8.81. The first-order valence-electron chi connectivity index (χ1n) is 7.94. The lowest BCUT2D eigenvalue weighted by Crippen LogP contribution is -2.39. The number of benzene rings is 2. The Morgan fingerprint density at radius 1 is 1.19 bits per heavy atom. The highest BCUT2D eigenvalue weighted by Crippen LogP contribution is 2.37. The van der Waals surface area contributed by atoms with Crippen LogP contribution in [0.15, 0.2) is 47.4 Å². The number of rotatable bonds is 3. The molecule has 3 rings (SSSR count). The van der Waals surface area contributed by atoms with E-state index in [9.17, 15) is 13.2 Å². The molecule has 1 amide bonds. The molecule has 0 unspecified atom stereocenters. The minimum absolute atomic E-state index is 0.0153. The van der Waals surface area contributed by atoms with Gasteiger partial charge in [0, 0.05) is 7.05 Å². The molecule has 1 aliphatic heterocycles. The molecular weight excluding hydrogens is 376 g/mol. The van der Waals surface area contributed by atoms with E-state index in [1.54, 1.807) is 51.2 Å². The van der Waals surface area contributed by atoms with Crippen LogP contribution in [0.25, 0.3) is 0 Å². The van der Waals surface area contributed by atoms with Gasteiger partial charge in [0.15, 0.2) is 0 Å². The van der Waals surface area contributed by atoms with Gasteiger partial charge in [-0.05, 0) is 44.2 Å². The van der Waals surface area contributed by atoms with Gasteiger partial charge >= 0.3 is 0 Å². The molecule has 0 radical (unpaired) electrons. The summed E-state index contributed by atoms with van der Waals surface area (Å²) in [5.74, 6) is 0.412. The summed E-state index contributed by atoms with van der Waals surface area (Å²) in [4.78, 5) is 14.0. The van der Waals surface area contributed by atoms with E-state index in [0.717, 1.165) is 0 Å². The molecule has 26 heavy (non-hydrogen) atoms. The van der Waals surface area contributed by atoms with Crippen molar-refractivity contribution in [1.29, 1.82) is 0 Å². The summed E-state index contributed by atoms with van der Waals surface area (Å²) in [6.45, 7) is 3.85. The standard InChI is InChI=1S/C18H19ClN2O4S/c1-18(2)11-25-15-9-8-12(10-14(15)21(3)17(18)22)20-26(23,24)16-7-5-4-6-13(16)19/h4-10,20H,11H2,1-3H3. The Balaban J connectivity index is 1.97. The molecule has 1 aliphatic rings. The van der Waals surface area contributed by atoms with Gasteiger partial charge in [-0.25, -0.2) is 8.42 Å². The van der Waals surface area contributed by atoms with Crippen molar-refractivity contribution >= 4 is 38.9 Å². The van der Waals surface area contributed by atoms with Crippen molar-refractivity contribution in [2.24, 2.45) is 5.41 Å². The van der Waals surface area contributed by atoms with Crippen LogP contribution in [-0.2, 0) is 14.8 Å². The van der Waals surface area contributed by atoms with Crippen LogP contribution in [0, 0.1) is 5.41 Å². The maximum absolute atomic E-state index is 12.6. The van der Waals surface area contributed by atoms with Gasteiger partial charge in [0.05, 0.1) is 21.8 Å². The summed E-state index contributed by atoms with van der Waals surface area (Å²) in [6, 6.07) is 11.0. The molecule has 0 spiro atoms. The van der Waals surface area contributed by atoms with Crippen LogP contribution in [0.4, 0.5) is 11.4 Å². The highest BCUT2D eigenvalue weighted by molar-refractivity contribution is 7.92. The molecule has 0 aliphatic carbocycles. The van der Waals surface area contributed by atoms with Crippen molar-refractivity contribution in [1.82, 2.24) is 0 Å². The molecule has 8 heteroatoms. The van der Waals surface area contributed by atoms with Crippen LogP contribution in [0.2, 0.25) is 5.02 Å². The Hall–Kier alpha value is -2.25. The molecule has 2 aromatic rings.